The number of thiol groups is 2. The lowest BCUT2D eigenvalue weighted by molar-refractivity contribution is -0.139. The number of nitrogens with zero attached hydrogens (tertiary/aromatic N) is 1. The van der Waals surface area contributed by atoms with Crippen LogP contribution in [-0.2, 0) is 9.59 Å². The van der Waals surface area contributed by atoms with Gasteiger partial charge in [0.25, 0.3) is 0 Å². The first-order valence-electron chi connectivity index (χ1n) is 2.46. The number of amides is 1. The van der Waals surface area contributed by atoms with E-state index in [1.165, 1.54) is 0 Å². The van der Waals surface area contributed by atoms with Crippen LogP contribution >= 0.6 is 25.6 Å². The minimum atomic E-state index is -1.00. The van der Waals surface area contributed by atoms with Crippen LogP contribution in [0.2, 0.25) is 0 Å². The van der Waals surface area contributed by atoms with Gasteiger partial charge in [0.05, 0.1) is 6.42 Å². The summed E-state index contributed by atoms with van der Waals surface area (Å²) in [6.45, 7) is 0. The van der Waals surface area contributed by atoms with E-state index in [-0.39, 0.29) is 12.8 Å². The van der Waals surface area contributed by atoms with Crippen molar-refractivity contribution in [3.63, 3.8) is 0 Å². The fourth-order valence-electron chi connectivity index (χ4n) is 0.314. The minimum Gasteiger partial charge on any atom is -0.481 e. The predicted molar refractivity (Wildman–Crippen MR) is 41.7 cm³/mol. The Balaban J connectivity index is 3.50. The molecule has 1 amide bonds. The molecule has 0 fully saturated rings. The van der Waals surface area contributed by atoms with Gasteiger partial charge in [-0.3, -0.25) is 9.59 Å². The van der Waals surface area contributed by atoms with Crippen LogP contribution in [0.25, 0.3) is 0 Å². The maximum absolute atomic E-state index is 10.6. The first-order valence-corrected chi connectivity index (χ1v) is 3.26. The fraction of sp³-hybridized carbons (Fsp3) is 0.500. The Kier molecular flexibility index (Phi) is 4.29. The van der Waals surface area contributed by atoms with Gasteiger partial charge in [-0.1, -0.05) is 25.6 Å². The Morgan fingerprint density at radius 2 is 1.80 bits per heavy atom. The lowest BCUT2D eigenvalue weighted by Crippen LogP contribution is -2.12. The highest BCUT2D eigenvalue weighted by molar-refractivity contribution is 7.94. The highest BCUT2D eigenvalue weighted by Gasteiger charge is 2.07. The summed E-state index contributed by atoms with van der Waals surface area (Å²) in [5.41, 5.74) is 0. The fourth-order valence-corrected chi connectivity index (χ4v) is 0.514. The molecule has 4 nitrogen and oxygen atoms in total. The molecular weight excluding hydrogens is 174 g/mol. The van der Waals surface area contributed by atoms with E-state index in [4.69, 9.17) is 5.11 Å². The standard InChI is InChI=1S/C4H7NO3S2/c6-3(5(9)10)1-2-4(7)8/h9-10H,1-2H2,(H,7,8). The second kappa shape index (κ2) is 4.45. The van der Waals surface area contributed by atoms with Crippen LogP contribution < -0.4 is 0 Å². The number of carboxylic acids is 1. The first-order chi connectivity index (χ1) is 4.54. The van der Waals surface area contributed by atoms with Crippen LogP contribution in [0.4, 0.5) is 0 Å². The monoisotopic (exact) mass is 181 g/mol. The zero-order valence-corrected chi connectivity index (χ0v) is 6.81. The molecule has 0 bridgehead atoms. The highest BCUT2D eigenvalue weighted by Crippen LogP contribution is 2.02. The molecule has 0 spiro atoms. The maximum atomic E-state index is 10.6. The molecule has 10 heavy (non-hydrogen) atoms. The smallest absolute Gasteiger partial charge is 0.303 e. The number of aliphatic carboxylic acids is 1. The van der Waals surface area contributed by atoms with Gasteiger partial charge < -0.3 is 5.11 Å². The molecule has 0 aromatic heterocycles. The number of hydrogen-bond acceptors (Lipinski definition) is 4. The highest BCUT2D eigenvalue weighted by atomic mass is 32.2. The number of hydrogen-bond donors (Lipinski definition) is 3. The first kappa shape index (κ1) is 9.64. The predicted octanol–water partition coefficient (Wildman–Crippen LogP) is 0.369. The Hall–Kier alpha value is -0.360. The summed E-state index contributed by atoms with van der Waals surface area (Å²) in [6.07, 6.45) is -0.251. The molecule has 0 aromatic rings. The van der Waals surface area contributed by atoms with Crippen molar-refractivity contribution in [2.24, 2.45) is 0 Å². The van der Waals surface area contributed by atoms with Crippen molar-refractivity contribution in [2.45, 2.75) is 12.8 Å². The van der Waals surface area contributed by atoms with Crippen molar-refractivity contribution in [3.8, 4) is 0 Å². The summed E-state index contributed by atoms with van der Waals surface area (Å²) < 4.78 is 0.767. The largest absolute Gasteiger partial charge is 0.481 e. The molecule has 0 aliphatic rings. The third-order valence-corrected chi connectivity index (χ3v) is 1.22. The molecule has 0 aromatic carbocycles. The van der Waals surface area contributed by atoms with Crippen molar-refractivity contribution in [2.75, 3.05) is 0 Å². The van der Waals surface area contributed by atoms with Gasteiger partial charge in [0.2, 0.25) is 5.91 Å². The summed E-state index contributed by atoms with van der Waals surface area (Å²) in [6, 6.07) is 0. The van der Waals surface area contributed by atoms with Gasteiger partial charge in [0.1, 0.15) is 0 Å². The summed E-state index contributed by atoms with van der Waals surface area (Å²) in [5, 5.41) is 8.12. The van der Waals surface area contributed by atoms with Gasteiger partial charge in [0, 0.05) is 6.42 Å². The lowest BCUT2D eigenvalue weighted by atomic mass is 10.3. The zero-order chi connectivity index (χ0) is 8.15. The third kappa shape index (κ3) is 4.51. The van der Waals surface area contributed by atoms with E-state index < -0.39 is 11.9 Å². The van der Waals surface area contributed by atoms with Gasteiger partial charge in [-0.2, -0.15) is 0 Å². The van der Waals surface area contributed by atoms with E-state index in [0.29, 0.717) is 0 Å². The quantitative estimate of drug-likeness (QED) is 0.551. The van der Waals surface area contributed by atoms with Crippen LogP contribution in [0.1, 0.15) is 12.8 Å². The van der Waals surface area contributed by atoms with Crippen LogP contribution in [0.15, 0.2) is 0 Å². The normalized spacial score (nSPS) is 9.00. The second-order valence-corrected chi connectivity index (χ2v) is 2.69. The van der Waals surface area contributed by atoms with Crippen molar-refractivity contribution in [1.82, 2.24) is 3.71 Å². The van der Waals surface area contributed by atoms with E-state index in [0.717, 1.165) is 3.71 Å². The molecule has 0 atom stereocenters. The molecule has 0 unspecified atom stereocenters. The molecule has 0 heterocycles. The summed E-state index contributed by atoms with van der Waals surface area (Å²) >= 11 is 7.10. The molecule has 0 rings (SSSR count). The van der Waals surface area contributed by atoms with E-state index in [1.807, 2.05) is 0 Å². The van der Waals surface area contributed by atoms with Crippen molar-refractivity contribution < 1.29 is 14.7 Å². The molecular formula is C4H7NO3S2. The van der Waals surface area contributed by atoms with Crippen LogP contribution in [0, 0.1) is 0 Å². The van der Waals surface area contributed by atoms with Gasteiger partial charge >= 0.3 is 5.97 Å². The summed E-state index contributed by atoms with van der Waals surface area (Å²) in [5.74, 6) is -1.43. The average Bonchev–Trinajstić information content (AvgIpc) is 1.82. The Bertz CT molecular complexity index is 147. The number of carbonyl (C=O) groups excluding carboxylic acids is 1. The molecule has 1 N–H and O–H groups in total. The summed E-state index contributed by atoms with van der Waals surface area (Å²) in [7, 11) is 0. The van der Waals surface area contributed by atoms with Gasteiger partial charge in [-0.05, 0) is 0 Å². The van der Waals surface area contributed by atoms with Gasteiger partial charge in [-0.25, -0.2) is 3.71 Å². The molecule has 0 aliphatic heterocycles. The summed E-state index contributed by atoms with van der Waals surface area (Å²) in [4.78, 5) is 20.5. The van der Waals surface area contributed by atoms with E-state index in [1.54, 1.807) is 0 Å². The SMILES string of the molecule is O=C(O)CCC(=O)N(S)S. The Labute approximate surface area is 69.3 Å². The van der Waals surface area contributed by atoms with Crippen molar-refractivity contribution in [3.05, 3.63) is 0 Å². The van der Waals surface area contributed by atoms with E-state index in [9.17, 15) is 9.59 Å². The van der Waals surface area contributed by atoms with E-state index in [2.05, 4.69) is 25.6 Å². The number of rotatable bonds is 3. The topological polar surface area (TPSA) is 57.6 Å². The van der Waals surface area contributed by atoms with Crippen molar-refractivity contribution in [1.29, 1.82) is 0 Å². The van der Waals surface area contributed by atoms with Gasteiger partial charge in [0.15, 0.2) is 0 Å². The van der Waals surface area contributed by atoms with Gasteiger partial charge in [-0.15, -0.1) is 0 Å². The maximum Gasteiger partial charge on any atom is 0.303 e. The molecule has 0 radical (unpaired) electrons. The number of carbonyl (C=O) groups is 2. The van der Waals surface area contributed by atoms with Crippen LogP contribution in [-0.4, -0.2) is 20.7 Å². The lowest BCUT2D eigenvalue weighted by Gasteiger charge is -2.04. The molecule has 58 valence electrons. The third-order valence-electron chi connectivity index (χ3n) is 0.776. The number of carboxylic acid groups (broad SMARTS) is 1. The van der Waals surface area contributed by atoms with Crippen LogP contribution in [0.5, 0.6) is 0 Å². The molecule has 0 saturated carbocycles. The average molecular weight is 181 g/mol. The van der Waals surface area contributed by atoms with Crippen molar-refractivity contribution >= 4 is 37.5 Å². The molecule has 6 heteroatoms. The molecule has 0 aliphatic carbocycles. The Morgan fingerprint density at radius 1 is 1.30 bits per heavy atom. The van der Waals surface area contributed by atoms with E-state index >= 15 is 0 Å². The second-order valence-electron chi connectivity index (χ2n) is 1.58. The van der Waals surface area contributed by atoms with Crippen LogP contribution in [0.3, 0.4) is 0 Å². The molecule has 0 saturated heterocycles. The zero-order valence-electron chi connectivity index (χ0n) is 5.02. The Morgan fingerprint density at radius 3 is 2.10 bits per heavy atom. The minimum absolute atomic E-state index is 0.0671.